The van der Waals surface area contributed by atoms with Crippen molar-refractivity contribution in [1.82, 2.24) is 19.5 Å². The summed E-state index contributed by atoms with van der Waals surface area (Å²) in [5.74, 6) is 0.0373. The van der Waals surface area contributed by atoms with Crippen molar-refractivity contribution in [1.29, 1.82) is 0 Å². The Morgan fingerprint density at radius 1 is 1.05 bits per heavy atom. The van der Waals surface area contributed by atoms with Crippen LogP contribution in [0.25, 0.3) is 22.8 Å². The average molecular weight is 308 g/mol. The summed E-state index contributed by atoms with van der Waals surface area (Å²) < 4.78 is 1.67. The molecule has 0 aliphatic carbocycles. The fraction of sp³-hybridized carbons (Fsp3) is 0.125. The van der Waals surface area contributed by atoms with E-state index in [-0.39, 0.29) is 11.2 Å². The van der Waals surface area contributed by atoms with E-state index >= 15 is 0 Å². The van der Waals surface area contributed by atoms with E-state index in [1.807, 2.05) is 43.3 Å². The standard InChI is InChI=1S/C16H12N4OS/c1-10-15(21)20-14(12-7-3-5-9-18-12)13(19-16(20)22-10)11-6-2-4-8-17-11/h2-10H,1H3. The Morgan fingerprint density at radius 2 is 1.73 bits per heavy atom. The van der Waals surface area contributed by atoms with Gasteiger partial charge in [-0.25, -0.2) is 4.98 Å². The van der Waals surface area contributed by atoms with E-state index in [2.05, 4.69) is 15.0 Å². The summed E-state index contributed by atoms with van der Waals surface area (Å²) in [5.41, 5.74) is 2.88. The van der Waals surface area contributed by atoms with Crippen molar-refractivity contribution in [3.63, 3.8) is 0 Å². The van der Waals surface area contributed by atoms with Crippen LogP contribution in [-0.4, -0.2) is 30.7 Å². The third kappa shape index (κ3) is 1.95. The van der Waals surface area contributed by atoms with Crippen molar-refractivity contribution in [3.8, 4) is 22.8 Å². The molecule has 0 bridgehead atoms. The number of fused-ring (bicyclic) bond motifs is 1. The van der Waals surface area contributed by atoms with Crippen LogP contribution < -0.4 is 0 Å². The van der Waals surface area contributed by atoms with Crippen molar-refractivity contribution >= 4 is 17.7 Å². The van der Waals surface area contributed by atoms with Gasteiger partial charge in [0.15, 0.2) is 5.16 Å². The molecular weight excluding hydrogens is 296 g/mol. The molecule has 0 amide bonds. The number of nitrogens with zero attached hydrogens (tertiary/aromatic N) is 4. The molecule has 0 N–H and O–H groups in total. The normalized spacial score (nSPS) is 16.8. The van der Waals surface area contributed by atoms with Crippen molar-refractivity contribution in [2.24, 2.45) is 0 Å². The van der Waals surface area contributed by atoms with Crippen LogP contribution in [0, 0.1) is 0 Å². The fourth-order valence-electron chi connectivity index (χ4n) is 2.49. The quantitative estimate of drug-likeness (QED) is 0.728. The van der Waals surface area contributed by atoms with Gasteiger partial charge in [0, 0.05) is 12.4 Å². The van der Waals surface area contributed by atoms with Crippen molar-refractivity contribution in [2.75, 3.05) is 0 Å². The third-order valence-electron chi connectivity index (χ3n) is 3.51. The van der Waals surface area contributed by atoms with Gasteiger partial charge in [-0.1, -0.05) is 23.9 Å². The van der Waals surface area contributed by atoms with Gasteiger partial charge >= 0.3 is 0 Å². The van der Waals surface area contributed by atoms with Crippen LogP contribution in [-0.2, 0) is 0 Å². The number of thioether (sulfide) groups is 1. The second kappa shape index (κ2) is 5.06. The predicted molar refractivity (Wildman–Crippen MR) is 84.6 cm³/mol. The molecule has 108 valence electrons. The van der Waals surface area contributed by atoms with E-state index in [0.29, 0.717) is 10.9 Å². The number of carbonyl (C=O) groups is 1. The number of rotatable bonds is 2. The van der Waals surface area contributed by atoms with Crippen molar-refractivity contribution < 1.29 is 4.79 Å². The molecule has 4 heterocycles. The minimum absolute atomic E-state index is 0.0373. The van der Waals surface area contributed by atoms with Gasteiger partial charge in [-0.05, 0) is 31.2 Å². The smallest absolute Gasteiger partial charge is 0.246 e. The second-order valence-electron chi connectivity index (χ2n) is 4.96. The highest BCUT2D eigenvalue weighted by Gasteiger charge is 2.35. The molecular formula is C16H12N4OS. The molecule has 0 saturated carbocycles. The maximum Gasteiger partial charge on any atom is 0.246 e. The lowest BCUT2D eigenvalue weighted by atomic mass is 10.1. The second-order valence-corrected chi connectivity index (χ2v) is 6.26. The predicted octanol–water partition coefficient (Wildman–Crippen LogP) is 3.14. The lowest BCUT2D eigenvalue weighted by molar-refractivity contribution is 0.0916. The third-order valence-corrected chi connectivity index (χ3v) is 4.55. The summed E-state index contributed by atoms with van der Waals surface area (Å²) in [6.07, 6.45) is 3.44. The van der Waals surface area contributed by atoms with Crippen LogP contribution in [0.3, 0.4) is 0 Å². The Hall–Kier alpha value is -2.47. The molecule has 4 rings (SSSR count). The van der Waals surface area contributed by atoms with Gasteiger partial charge in [0.05, 0.1) is 16.6 Å². The first kappa shape index (κ1) is 13.2. The molecule has 6 heteroatoms. The summed E-state index contributed by atoms with van der Waals surface area (Å²) in [6.45, 7) is 1.89. The average Bonchev–Trinajstić information content (AvgIpc) is 3.06. The highest BCUT2D eigenvalue weighted by Crippen LogP contribution is 2.40. The Kier molecular flexibility index (Phi) is 3.04. The van der Waals surface area contributed by atoms with Crippen LogP contribution in [0.2, 0.25) is 0 Å². The lowest BCUT2D eigenvalue weighted by Crippen LogP contribution is -2.15. The first-order valence-electron chi connectivity index (χ1n) is 6.92. The number of imidazole rings is 1. The molecule has 1 aliphatic rings. The van der Waals surface area contributed by atoms with E-state index < -0.39 is 0 Å². The Bertz CT molecular complexity index is 845. The van der Waals surface area contributed by atoms with Crippen LogP contribution in [0.1, 0.15) is 11.7 Å². The zero-order valence-corrected chi connectivity index (χ0v) is 12.6. The molecule has 0 aromatic carbocycles. The number of carbonyl (C=O) groups excluding carboxylic acids is 1. The number of hydrogen-bond donors (Lipinski definition) is 0. The van der Waals surface area contributed by atoms with Crippen LogP contribution in [0.5, 0.6) is 0 Å². The Labute approximate surface area is 131 Å². The van der Waals surface area contributed by atoms with E-state index in [4.69, 9.17) is 0 Å². The molecule has 22 heavy (non-hydrogen) atoms. The van der Waals surface area contributed by atoms with Gasteiger partial charge in [-0.2, -0.15) is 0 Å². The minimum Gasteiger partial charge on any atom is -0.273 e. The highest BCUT2D eigenvalue weighted by molar-refractivity contribution is 8.00. The number of aromatic nitrogens is 4. The van der Waals surface area contributed by atoms with Gasteiger partial charge in [0.25, 0.3) is 0 Å². The largest absolute Gasteiger partial charge is 0.273 e. The zero-order valence-electron chi connectivity index (χ0n) is 11.8. The summed E-state index contributed by atoms with van der Waals surface area (Å²) in [4.78, 5) is 25.9. The molecule has 0 spiro atoms. The summed E-state index contributed by atoms with van der Waals surface area (Å²) in [5, 5.41) is 0.585. The maximum atomic E-state index is 12.5. The van der Waals surface area contributed by atoms with Gasteiger partial charge < -0.3 is 0 Å². The van der Waals surface area contributed by atoms with E-state index in [0.717, 1.165) is 17.1 Å². The molecule has 5 nitrogen and oxygen atoms in total. The van der Waals surface area contributed by atoms with E-state index in [9.17, 15) is 4.79 Å². The first-order valence-corrected chi connectivity index (χ1v) is 7.80. The molecule has 0 radical (unpaired) electrons. The van der Waals surface area contributed by atoms with Gasteiger partial charge in [-0.15, -0.1) is 0 Å². The zero-order chi connectivity index (χ0) is 15.1. The van der Waals surface area contributed by atoms with Crippen LogP contribution in [0.4, 0.5) is 0 Å². The molecule has 3 aromatic rings. The summed E-state index contributed by atoms with van der Waals surface area (Å²) in [6, 6.07) is 11.3. The van der Waals surface area contributed by atoms with Gasteiger partial charge in [0.2, 0.25) is 5.91 Å². The SMILES string of the molecule is CC1Sc2nc(-c3ccccn3)c(-c3ccccn3)n2C1=O. The minimum atomic E-state index is -0.122. The summed E-state index contributed by atoms with van der Waals surface area (Å²) >= 11 is 1.47. The van der Waals surface area contributed by atoms with E-state index in [1.165, 1.54) is 11.8 Å². The van der Waals surface area contributed by atoms with E-state index in [1.54, 1.807) is 17.0 Å². The van der Waals surface area contributed by atoms with Gasteiger partial charge in [-0.3, -0.25) is 19.3 Å². The Balaban J connectivity index is 2.00. The first-order chi connectivity index (χ1) is 10.8. The fourth-order valence-corrected chi connectivity index (χ4v) is 3.45. The Morgan fingerprint density at radius 3 is 2.36 bits per heavy atom. The van der Waals surface area contributed by atoms with Crippen LogP contribution >= 0.6 is 11.8 Å². The monoisotopic (exact) mass is 308 g/mol. The topological polar surface area (TPSA) is 60.7 Å². The van der Waals surface area contributed by atoms with Crippen molar-refractivity contribution in [2.45, 2.75) is 17.3 Å². The lowest BCUT2D eigenvalue weighted by Gasteiger charge is -2.07. The molecule has 1 aliphatic heterocycles. The molecule has 3 aromatic heterocycles. The molecule has 1 unspecified atom stereocenters. The van der Waals surface area contributed by atoms with Gasteiger partial charge in [0.1, 0.15) is 11.4 Å². The highest BCUT2D eigenvalue weighted by atomic mass is 32.2. The molecule has 1 atom stereocenters. The van der Waals surface area contributed by atoms with Crippen molar-refractivity contribution in [3.05, 3.63) is 48.8 Å². The number of pyridine rings is 2. The maximum absolute atomic E-state index is 12.5. The summed E-state index contributed by atoms with van der Waals surface area (Å²) in [7, 11) is 0. The molecule has 0 saturated heterocycles. The van der Waals surface area contributed by atoms with Crippen LogP contribution in [0.15, 0.2) is 53.9 Å². The molecule has 0 fully saturated rings. The number of hydrogen-bond acceptors (Lipinski definition) is 5.